The molecule has 2 rings (SSSR count). The van der Waals surface area contributed by atoms with Crippen LogP contribution in [0.1, 0.15) is 5.56 Å². The minimum Gasteiger partial charge on any atom is -0.496 e. The van der Waals surface area contributed by atoms with Crippen LogP contribution < -0.4 is 9.47 Å². The summed E-state index contributed by atoms with van der Waals surface area (Å²) in [6, 6.07) is 15.2. The first-order valence-corrected chi connectivity index (χ1v) is 8.34. The molecule has 24 heavy (non-hydrogen) atoms. The van der Waals surface area contributed by atoms with Crippen molar-refractivity contribution in [2.75, 3.05) is 27.3 Å². The van der Waals surface area contributed by atoms with Gasteiger partial charge in [0, 0.05) is 23.2 Å². The molecule has 2 aromatic carbocycles. The predicted octanol–water partition coefficient (Wildman–Crippen LogP) is 4.01. The van der Waals surface area contributed by atoms with Gasteiger partial charge in [-0.1, -0.05) is 34.1 Å². The summed E-state index contributed by atoms with van der Waals surface area (Å²) in [4.78, 5) is 13.8. The fraction of sp³-hybridized carbons (Fsp3) is 0.211. The number of carbonyl (C=O) groups excluding carboxylic acids is 1. The number of para-hydroxylation sites is 1. The van der Waals surface area contributed by atoms with E-state index in [0.717, 1.165) is 21.5 Å². The Bertz CT molecular complexity index is 701. The lowest BCUT2D eigenvalue weighted by molar-refractivity contribution is -0.125. The van der Waals surface area contributed by atoms with E-state index in [1.54, 1.807) is 25.1 Å². The van der Waals surface area contributed by atoms with Crippen LogP contribution in [-0.2, 0) is 4.79 Å². The van der Waals surface area contributed by atoms with Gasteiger partial charge >= 0.3 is 0 Å². The zero-order chi connectivity index (χ0) is 17.4. The van der Waals surface area contributed by atoms with E-state index in [1.807, 2.05) is 48.5 Å². The van der Waals surface area contributed by atoms with E-state index in [-0.39, 0.29) is 5.91 Å². The first-order valence-electron chi connectivity index (χ1n) is 7.54. The first kappa shape index (κ1) is 18.1. The van der Waals surface area contributed by atoms with Crippen molar-refractivity contribution in [1.82, 2.24) is 4.90 Å². The number of nitrogens with zero attached hydrogens (tertiary/aromatic N) is 1. The topological polar surface area (TPSA) is 38.8 Å². The third-order valence-corrected chi connectivity index (χ3v) is 3.91. The van der Waals surface area contributed by atoms with Gasteiger partial charge in [0.15, 0.2) is 0 Å². The first-order chi connectivity index (χ1) is 11.6. The minimum absolute atomic E-state index is 0.0892. The highest BCUT2D eigenvalue weighted by molar-refractivity contribution is 9.10. The second-order valence-corrected chi connectivity index (χ2v) is 6.06. The average molecular weight is 390 g/mol. The standard InChI is InChI=1S/C19H20BrNO3/c1-21(12-13-24-17-6-4-3-5-7-17)19(22)11-8-15-14-16(20)9-10-18(15)23-2/h3-11,14H,12-13H2,1-2H3/b11-8+. The summed E-state index contributed by atoms with van der Waals surface area (Å²) in [5.74, 6) is 1.43. The van der Waals surface area contributed by atoms with Crippen LogP contribution in [0.25, 0.3) is 6.08 Å². The van der Waals surface area contributed by atoms with Gasteiger partial charge in [0.1, 0.15) is 18.1 Å². The SMILES string of the molecule is COc1ccc(Br)cc1/C=C/C(=O)N(C)CCOc1ccccc1. The highest BCUT2D eigenvalue weighted by atomic mass is 79.9. The predicted molar refractivity (Wildman–Crippen MR) is 99.3 cm³/mol. The maximum Gasteiger partial charge on any atom is 0.246 e. The highest BCUT2D eigenvalue weighted by Gasteiger charge is 2.06. The smallest absolute Gasteiger partial charge is 0.246 e. The molecule has 1 amide bonds. The van der Waals surface area contributed by atoms with Crippen molar-refractivity contribution in [3.63, 3.8) is 0 Å². The van der Waals surface area contributed by atoms with E-state index < -0.39 is 0 Å². The fourth-order valence-corrected chi connectivity index (χ4v) is 2.43. The van der Waals surface area contributed by atoms with Crippen LogP contribution in [0.15, 0.2) is 59.1 Å². The van der Waals surface area contributed by atoms with Gasteiger partial charge in [-0.25, -0.2) is 0 Å². The Labute approximate surface area is 150 Å². The van der Waals surface area contributed by atoms with Crippen molar-refractivity contribution in [1.29, 1.82) is 0 Å². The second kappa shape index (κ2) is 9.13. The van der Waals surface area contributed by atoms with Gasteiger partial charge in [-0.05, 0) is 36.4 Å². The second-order valence-electron chi connectivity index (χ2n) is 5.14. The van der Waals surface area contributed by atoms with Crippen LogP contribution in [0.4, 0.5) is 0 Å². The molecule has 0 aliphatic carbocycles. The summed E-state index contributed by atoms with van der Waals surface area (Å²) in [7, 11) is 3.36. The molecule has 0 unspecified atom stereocenters. The van der Waals surface area contributed by atoms with E-state index >= 15 is 0 Å². The van der Waals surface area contributed by atoms with Crippen LogP contribution in [0.3, 0.4) is 0 Å². The van der Waals surface area contributed by atoms with E-state index in [4.69, 9.17) is 9.47 Å². The Hall–Kier alpha value is -2.27. The normalized spacial score (nSPS) is 10.6. The summed E-state index contributed by atoms with van der Waals surface area (Å²) in [5, 5.41) is 0. The Kier molecular flexibility index (Phi) is 6.88. The zero-order valence-electron chi connectivity index (χ0n) is 13.7. The highest BCUT2D eigenvalue weighted by Crippen LogP contribution is 2.24. The molecular weight excluding hydrogens is 370 g/mol. The van der Waals surface area contributed by atoms with E-state index in [1.165, 1.54) is 6.08 Å². The maximum atomic E-state index is 12.2. The van der Waals surface area contributed by atoms with E-state index in [2.05, 4.69) is 15.9 Å². The van der Waals surface area contributed by atoms with Gasteiger partial charge < -0.3 is 14.4 Å². The molecule has 0 aromatic heterocycles. The lowest BCUT2D eigenvalue weighted by atomic mass is 10.2. The lowest BCUT2D eigenvalue weighted by Crippen LogP contribution is -2.29. The van der Waals surface area contributed by atoms with Crippen LogP contribution in [0.2, 0.25) is 0 Å². The van der Waals surface area contributed by atoms with Gasteiger partial charge in [-0.15, -0.1) is 0 Å². The number of ether oxygens (including phenoxy) is 2. The monoisotopic (exact) mass is 389 g/mol. The van der Waals surface area contributed by atoms with Crippen molar-refractivity contribution in [2.45, 2.75) is 0 Å². The Balaban J connectivity index is 1.88. The molecule has 0 bridgehead atoms. The molecule has 0 N–H and O–H groups in total. The number of benzene rings is 2. The van der Waals surface area contributed by atoms with Crippen molar-refractivity contribution in [2.24, 2.45) is 0 Å². The summed E-state index contributed by atoms with van der Waals surface area (Å²) >= 11 is 3.42. The van der Waals surface area contributed by atoms with Crippen molar-refractivity contribution >= 4 is 27.9 Å². The molecule has 2 aromatic rings. The number of carbonyl (C=O) groups is 1. The molecule has 0 atom stereocenters. The van der Waals surface area contributed by atoms with Crippen LogP contribution in [0, 0.1) is 0 Å². The van der Waals surface area contributed by atoms with Crippen molar-refractivity contribution in [3.05, 3.63) is 64.6 Å². The Morgan fingerprint density at radius 2 is 1.96 bits per heavy atom. The fourth-order valence-electron chi connectivity index (χ4n) is 2.05. The largest absolute Gasteiger partial charge is 0.496 e. The molecule has 5 heteroatoms. The van der Waals surface area contributed by atoms with Crippen LogP contribution in [-0.4, -0.2) is 38.1 Å². The maximum absolute atomic E-state index is 12.2. The van der Waals surface area contributed by atoms with Crippen molar-refractivity contribution < 1.29 is 14.3 Å². The van der Waals surface area contributed by atoms with Crippen molar-refractivity contribution in [3.8, 4) is 11.5 Å². The molecule has 4 nitrogen and oxygen atoms in total. The number of hydrogen-bond donors (Lipinski definition) is 0. The summed E-state index contributed by atoms with van der Waals surface area (Å²) < 4.78 is 11.8. The Morgan fingerprint density at radius 1 is 1.21 bits per heavy atom. The molecule has 0 heterocycles. The van der Waals surface area contributed by atoms with Crippen LogP contribution in [0.5, 0.6) is 11.5 Å². The molecule has 0 spiro atoms. The number of likely N-dealkylation sites (N-methyl/N-ethyl adjacent to an activating group) is 1. The quantitative estimate of drug-likeness (QED) is 0.671. The third-order valence-electron chi connectivity index (χ3n) is 3.41. The molecule has 0 fully saturated rings. The number of rotatable bonds is 7. The van der Waals surface area contributed by atoms with E-state index in [9.17, 15) is 4.79 Å². The number of methoxy groups -OCH3 is 1. The molecule has 0 saturated heterocycles. The summed E-state index contributed by atoms with van der Waals surface area (Å²) in [5.41, 5.74) is 0.842. The van der Waals surface area contributed by atoms with Gasteiger partial charge in [0.05, 0.1) is 13.7 Å². The molecule has 0 radical (unpaired) electrons. The van der Waals surface area contributed by atoms with E-state index in [0.29, 0.717) is 13.2 Å². The van der Waals surface area contributed by atoms with Gasteiger partial charge in [-0.3, -0.25) is 4.79 Å². The average Bonchev–Trinajstić information content (AvgIpc) is 2.60. The van der Waals surface area contributed by atoms with Crippen LogP contribution >= 0.6 is 15.9 Å². The number of halogens is 1. The lowest BCUT2D eigenvalue weighted by Gasteiger charge is -2.15. The molecule has 0 aliphatic heterocycles. The molecule has 0 saturated carbocycles. The van der Waals surface area contributed by atoms with Gasteiger partial charge in [0.25, 0.3) is 0 Å². The number of hydrogen-bond acceptors (Lipinski definition) is 3. The number of amides is 1. The summed E-state index contributed by atoms with van der Waals surface area (Å²) in [6.45, 7) is 0.952. The minimum atomic E-state index is -0.0892. The van der Waals surface area contributed by atoms with Gasteiger partial charge in [0.2, 0.25) is 5.91 Å². The zero-order valence-corrected chi connectivity index (χ0v) is 15.3. The summed E-state index contributed by atoms with van der Waals surface area (Å²) in [6.07, 6.45) is 3.29. The third kappa shape index (κ3) is 5.42. The Morgan fingerprint density at radius 3 is 2.67 bits per heavy atom. The molecule has 0 aliphatic rings. The molecular formula is C19H20BrNO3. The van der Waals surface area contributed by atoms with Gasteiger partial charge in [-0.2, -0.15) is 0 Å². The molecule has 126 valence electrons.